The Morgan fingerprint density at radius 1 is 1.04 bits per heavy atom. The molecule has 1 aliphatic heterocycles. The van der Waals surface area contributed by atoms with Crippen LogP contribution in [0.15, 0.2) is 54.6 Å². The van der Waals surface area contributed by atoms with E-state index in [4.69, 9.17) is 0 Å². The minimum Gasteiger partial charge on any atom is -0.481 e. The molecule has 0 aromatic heterocycles. The molecule has 6 heteroatoms. The van der Waals surface area contributed by atoms with Crippen molar-refractivity contribution in [3.05, 3.63) is 71.5 Å². The van der Waals surface area contributed by atoms with Crippen LogP contribution in [0.25, 0.3) is 0 Å². The lowest BCUT2D eigenvalue weighted by molar-refractivity contribution is -0.145. The highest BCUT2D eigenvalue weighted by atomic mass is 19.1. The number of likely N-dealkylation sites (tertiary alicyclic amines) is 1. The second-order valence-corrected chi connectivity index (χ2v) is 6.58. The maximum absolute atomic E-state index is 13.2. The Hall–Kier alpha value is -2.73. The summed E-state index contributed by atoms with van der Waals surface area (Å²) in [6.45, 7) is 1.51. The van der Waals surface area contributed by atoms with Gasteiger partial charge in [-0.05, 0) is 23.3 Å². The van der Waals surface area contributed by atoms with Crippen LogP contribution in [0.1, 0.15) is 11.1 Å². The molecule has 0 bridgehead atoms. The third kappa shape index (κ3) is 4.46. The van der Waals surface area contributed by atoms with E-state index in [1.165, 1.54) is 12.1 Å². The zero-order valence-electron chi connectivity index (χ0n) is 14.3. The van der Waals surface area contributed by atoms with Gasteiger partial charge in [-0.2, -0.15) is 0 Å². The van der Waals surface area contributed by atoms with Crippen LogP contribution in [0, 0.1) is 17.7 Å². The summed E-state index contributed by atoms with van der Waals surface area (Å²) >= 11 is 0. The average Bonchev–Trinajstić information content (AvgIpc) is 3.05. The maximum atomic E-state index is 13.2. The number of amides is 1. The van der Waals surface area contributed by atoms with E-state index in [-0.39, 0.29) is 18.3 Å². The Labute approximate surface area is 151 Å². The topological polar surface area (TPSA) is 69.6 Å². The second-order valence-electron chi connectivity index (χ2n) is 6.58. The fourth-order valence-corrected chi connectivity index (χ4v) is 3.34. The maximum Gasteiger partial charge on any atom is 0.308 e. The second kappa shape index (κ2) is 8.10. The molecule has 1 aliphatic rings. The Bertz CT molecular complexity index is 782. The molecule has 1 heterocycles. The van der Waals surface area contributed by atoms with Crippen LogP contribution in [-0.2, 0) is 22.7 Å². The summed E-state index contributed by atoms with van der Waals surface area (Å²) in [5.41, 5.74) is 1.72. The van der Waals surface area contributed by atoms with Crippen LogP contribution in [0.5, 0.6) is 0 Å². The first-order valence-electron chi connectivity index (χ1n) is 8.54. The van der Waals surface area contributed by atoms with Gasteiger partial charge in [0.05, 0.1) is 11.8 Å². The van der Waals surface area contributed by atoms with Crippen molar-refractivity contribution >= 4 is 11.9 Å². The van der Waals surface area contributed by atoms with Crippen LogP contribution < -0.4 is 5.32 Å². The summed E-state index contributed by atoms with van der Waals surface area (Å²) in [6.07, 6.45) is 0. The normalized spacial score (nSPS) is 20.0. The van der Waals surface area contributed by atoms with Gasteiger partial charge in [0.1, 0.15) is 5.82 Å². The number of rotatable bonds is 6. The van der Waals surface area contributed by atoms with Crippen LogP contribution >= 0.6 is 0 Å². The van der Waals surface area contributed by atoms with Crippen LogP contribution in [-0.4, -0.2) is 35.0 Å². The van der Waals surface area contributed by atoms with Gasteiger partial charge < -0.3 is 10.4 Å². The number of benzene rings is 2. The van der Waals surface area contributed by atoms with Crippen molar-refractivity contribution in [2.45, 2.75) is 13.1 Å². The summed E-state index contributed by atoms with van der Waals surface area (Å²) < 4.78 is 13.2. The summed E-state index contributed by atoms with van der Waals surface area (Å²) in [6, 6.07) is 15.7. The van der Waals surface area contributed by atoms with Gasteiger partial charge >= 0.3 is 5.97 Å². The number of nitrogens with zero attached hydrogens (tertiary/aromatic N) is 1. The molecule has 1 fully saturated rings. The van der Waals surface area contributed by atoms with Crippen molar-refractivity contribution in [2.24, 2.45) is 11.8 Å². The predicted molar refractivity (Wildman–Crippen MR) is 94.6 cm³/mol. The average molecular weight is 356 g/mol. The Morgan fingerprint density at radius 3 is 2.42 bits per heavy atom. The highest BCUT2D eigenvalue weighted by molar-refractivity contribution is 5.85. The Balaban J connectivity index is 1.62. The van der Waals surface area contributed by atoms with Crippen molar-refractivity contribution in [2.75, 3.05) is 13.1 Å². The summed E-state index contributed by atoms with van der Waals surface area (Å²) in [5.74, 6) is -3.00. The largest absolute Gasteiger partial charge is 0.481 e. The van der Waals surface area contributed by atoms with Crippen molar-refractivity contribution in [1.82, 2.24) is 10.2 Å². The monoisotopic (exact) mass is 356 g/mol. The molecule has 26 heavy (non-hydrogen) atoms. The van der Waals surface area contributed by atoms with Gasteiger partial charge in [-0.25, -0.2) is 4.39 Å². The number of carboxylic acid groups (broad SMARTS) is 1. The third-order valence-electron chi connectivity index (χ3n) is 4.65. The van der Waals surface area contributed by atoms with E-state index < -0.39 is 17.8 Å². The number of carbonyl (C=O) groups excluding carboxylic acids is 1. The van der Waals surface area contributed by atoms with Gasteiger partial charge in [-0.15, -0.1) is 0 Å². The van der Waals surface area contributed by atoms with E-state index in [2.05, 4.69) is 5.32 Å². The molecule has 2 N–H and O–H groups in total. The number of aliphatic carboxylic acids is 1. The molecule has 2 aromatic carbocycles. The molecule has 0 aliphatic carbocycles. The van der Waals surface area contributed by atoms with Crippen molar-refractivity contribution in [3.8, 4) is 0 Å². The predicted octanol–water partition coefficient (Wildman–Crippen LogP) is 2.27. The zero-order valence-corrected chi connectivity index (χ0v) is 14.3. The molecular weight excluding hydrogens is 335 g/mol. The standard InChI is InChI=1S/C20H21FN2O3/c21-16-8-4-7-15(9-16)10-22-19(24)17-12-23(13-18(17)20(25)26)11-14-5-2-1-3-6-14/h1-9,17-18H,10-13H2,(H,22,24)(H,25,26)/t17-,18+/m0/s1. The lowest BCUT2D eigenvalue weighted by Crippen LogP contribution is -2.37. The van der Waals surface area contributed by atoms with E-state index in [1.54, 1.807) is 12.1 Å². The Morgan fingerprint density at radius 2 is 1.73 bits per heavy atom. The summed E-state index contributed by atoms with van der Waals surface area (Å²) in [4.78, 5) is 26.1. The van der Waals surface area contributed by atoms with E-state index in [0.717, 1.165) is 5.56 Å². The Kier molecular flexibility index (Phi) is 5.63. The van der Waals surface area contributed by atoms with E-state index in [9.17, 15) is 19.1 Å². The van der Waals surface area contributed by atoms with Crippen molar-refractivity contribution < 1.29 is 19.1 Å². The molecule has 2 aromatic rings. The fraction of sp³-hybridized carbons (Fsp3) is 0.300. The van der Waals surface area contributed by atoms with Gasteiger partial charge in [0.2, 0.25) is 5.91 Å². The third-order valence-corrected chi connectivity index (χ3v) is 4.65. The van der Waals surface area contributed by atoms with Gasteiger partial charge in [0.25, 0.3) is 0 Å². The number of carboxylic acids is 1. The zero-order chi connectivity index (χ0) is 18.5. The minimum absolute atomic E-state index is 0.179. The highest BCUT2D eigenvalue weighted by Gasteiger charge is 2.41. The van der Waals surface area contributed by atoms with Gasteiger partial charge in [0, 0.05) is 26.2 Å². The SMILES string of the molecule is O=C(NCc1cccc(F)c1)[C@H]1CN(Cc2ccccc2)C[C@H]1C(=O)O. The van der Waals surface area contributed by atoms with Crippen LogP contribution in [0.4, 0.5) is 4.39 Å². The number of nitrogens with one attached hydrogen (secondary N) is 1. The van der Waals surface area contributed by atoms with E-state index >= 15 is 0 Å². The first kappa shape index (κ1) is 18.1. The molecule has 0 saturated carbocycles. The summed E-state index contributed by atoms with van der Waals surface area (Å²) in [7, 11) is 0. The molecule has 3 rings (SSSR count). The molecule has 0 radical (unpaired) electrons. The van der Waals surface area contributed by atoms with Gasteiger partial charge in [-0.3, -0.25) is 14.5 Å². The molecule has 2 atom stereocenters. The lowest BCUT2D eigenvalue weighted by atomic mass is 9.95. The number of carbonyl (C=O) groups is 2. The van der Waals surface area contributed by atoms with E-state index in [1.807, 2.05) is 35.2 Å². The highest BCUT2D eigenvalue weighted by Crippen LogP contribution is 2.25. The molecule has 1 amide bonds. The minimum atomic E-state index is -0.966. The first-order chi connectivity index (χ1) is 12.5. The number of hydrogen-bond acceptors (Lipinski definition) is 3. The quantitative estimate of drug-likeness (QED) is 0.833. The molecule has 1 saturated heterocycles. The van der Waals surface area contributed by atoms with Crippen LogP contribution in [0.3, 0.4) is 0 Å². The van der Waals surface area contributed by atoms with E-state index in [0.29, 0.717) is 25.2 Å². The van der Waals surface area contributed by atoms with Gasteiger partial charge in [0.15, 0.2) is 0 Å². The lowest BCUT2D eigenvalue weighted by Gasteiger charge is -2.16. The fourth-order valence-electron chi connectivity index (χ4n) is 3.34. The summed E-state index contributed by atoms with van der Waals surface area (Å²) in [5, 5.41) is 12.2. The molecule has 0 spiro atoms. The molecule has 136 valence electrons. The van der Waals surface area contributed by atoms with Crippen molar-refractivity contribution in [1.29, 1.82) is 0 Å². The smallest absolute Gasteiger partial charge is 0.308 e. The first-order valence-corrected chi connectivity index (χ1v) is 8.54. The van der Waals surface area contributed by atoms with Crippen LogP contribution in [0.2, 0.25) is 0 Å². The number of halogens is 1. The molecule has 5 nitrogen and oxygen atoms in total. The molecular formula is C20H21FN2O3. The van der Waals surface area contributed by atoms with Crippen molar-refractivity contribution in [3.63, 3.8) is 0 Å². The number of hydrogen-bond donors (Lipinski definition) is 2. The molecule has 0 unspecified atom stereocenters. The van der Waals surface area contributed by atoms with Gasteiger partial charge in [-0.1, -0.05) is 42.5 Å².